The van der Waals surface area contributed by atoms with Crippen LogP contribution in [0.3, 0.4) is 0 Å². The molecular weight excluding hydrogens is 415 g/mol. The maximum atomic E-state index is 12.9. The number of fused-ring (bicyclic) bond motifs is 1. The predicted octanol–water partition coefficient (Wildman–Crippen LogP) is 4.35. The number of piperidine rings is 1. The van der Waals surface area contributed by atoms with Crippen LogP contribution in [0, 0.1) is 16.0 Å². The Morgan fingerprint density at radius 3 is 2.55 bits per heavy atom. The molecular formula is C20H18F3N5O3. The summed E-state index contributed by atoms with van der Waals surface area (Å²) in [5, 5.41) is 14.1. The van der Waals surface area contributed by atoms with Crippen molar-refractivity contribution in [3.63, 3.8) is 0 Å². The number of aromatic nitrogens is 2. The number of carbonyl (C=O) groups excluding carboxylic acids is 1. The van der Waals surface area contributed by atoms with Crippen molar-refractivity contribution >= 4 is 34.3 Å². The van der Waals surface area contributed by atoms with Gasteiger partial charge in [-0.15, -0.1) is 0 Å². The first-order valence-electron chi connectivity index (χ1n) is 9.58. The molecule has 1 aromatic heterocycles. The molecule has 0 unspecified atom stereocenters. The molecule has 162 valence electrons. The maximum Gasteiger partial charge on any atom is 0.416 e. The van der Waals surface area contributed by atoms with Crippen LogP contribution in [-0.2, 0) is 11.0 Å². The highest BCUT2D eigenvalue weighted by molar-refractivity contribution is 5.92. The molecule has 1 amide bonds. The summed E-state index contributed by atoms with van der Waals surface area (Å²) in [5.41, 5.74) is -0.0262. The minimum Gasteiger partial charge on any atom is -0.366 e. The number of aromatic amines is 1. The first-order chi connectivity index (χ1) is 14.7. The highest BCUT2D eigenvalue weighted by Crippen LogP contribution is 2.37. The number of hydrogen-bond donors (Lipinski definition) is 2. The Balaban J connectivity index is 1.43. The number of benzene rings is 2. The third kappa shape index (κ3) is 4.30. The molecule has 1 aliphatic heterocycles. The zero-order valence-electron chi connectivity index (χ0n) is 16.1. The Morgan fingerprint density at radius 1 is 1.19 bits per heavy atom. The molecule has 1 aliphatic rings. The molecule has 2 aromatic carbocycles. The fourth-order valence-electron chi connectivity index (χ4n) is 3.73. The Morgan fingerprint density at radius 2 is 1.90 bits per heavy atom. The quantitative estimate of drug-likeness (QED) is 0.470. The summed E-state index contributed by atoms with van der Waals surface area (Å²) in [5.74, 6) is -0.217. The van der Waals surface area contributed by atoms with E-state index in [-0.39, 0.29) is 17.5 Å². The average Bonchev–Trinajstić information content (AvgIpc) is 3.15. The van der Waals surface area contributed by atoms with Gasteiger partial charge in [-0.25, -0.2) is 4.98 Å². The lowest BCUT2D eigenvalue weighted by molar-refractivity contribution is -0.384. The van der Waals surface area contributed by atoms with E-state index >= 15 is 0 Å². The number of hydrogen-bond acceptors (Lipinski definition) is 5. The topological polar surface area (TPSA) is 104 Å². The molecule has 8 nitrogen and oxygen atoms in total. The summed E-state index contributed by atoms with van der Waals surface area (Å²) in [6.07, 6.45) is -3.85. The summed E-state index contributed by atoms with van der Waals surface area (Å²) >= 11 is 0. The van der Waals surface area contributed by atoms with Crippen LogP contribution >= 0.6 is 0 Å². The smallest absolute Gasteiger partial charge is 0.366 e. The Labute approximate surface area is 174 Å². The highest BCUT2D eigenvalue weighted by Gasteiger charge is 2.35. The van der Waals surface area contributed by atoms with Crippen molar-refractivity contribution in [3.8, 4) is 0 Å². The average molecular weight is 433 g/mol. The first-order valence-corrected chi connectivity index (χ1v) is 9.58. The second-order valence-electron chi connectivity index (χ2n) is 7.31. The van der Waals surface area contributed by atoms with Crippen molar-refractivity contribution in [1.29, 1.82) is 0 Å². The van der Waals surface area contributed by atoms with Crippen LogP contribution in [0.2, 0.25) is 0 Å². The number of alkyl halides is 3. The fourth-order valence-corrected chi connectivity index (χ4v) is 3.73. The van der Waals surface area contributed by atoms with Crippen molar-refractivity contribution in [1.82, 2.24) is 9.97 Å². The molecule has 31 heavy (non-hydrogen) atoms. The SMILES string of the molecule is O=C(Nc1nc2ccccc2[nH]1)C1CCN(c2ccc(C(F)(F)F)cc2[N+](=O)[O-])CC1. The fraction of sp³-hybridized carbons (Fsp3) is 0.300. The van der Waals surface area contributed by atoms with Gasteiger partial charge in [-0.05, 0) is 37.1 Å². The van der Waals surface area contributed by atoms with E-state index in [1.54, 1.807) is 4.90 Å². The van der Waals surface area contributed by atoms with E-state index in [0.29, 0.717) is 37.9 Å². The Hall–Kier alpha value is -3.63. The maximum absolute atomic E-state index is 12.9. The molecule has 0 radical (unpaired) electrons. The Kier molecular flexibility index (Phi) is 5.25. The van der Waals surface area contributed by atoms with Gasteiger partial charge >= 0.3 is 6.18 Å². The van der Waals surface area contributed by atoms with Gasteiger partial charge in [0.2, 0.25) is 11.9 Å². The second kappa shape index (κ2) is 7.89. The van der Waals surface area contributed by atoms with E-state index in [9.17, 15) is 28.1 Å². The van der Waals surface area contributed by atoms with E-state index in [4.69, 9.17) is 0 Å². The van der Waals surface area contributed by atoms with E-state index in [1.165, 1.54) is 0 Å². The van der Waals surface area contributed by atoms with Gasteiger partial charge in [0, 0.05) is 25.1 Å². The van der Waals surface area contributed by atoms with Gasteiger partial charge in [-0.2, -0.15) is 13.2 Å². The number of nitro groups is 1. The van der Waals surface area contributed by atoms with E-state index < -0.39 is 22.4 Å². The molecule has 4 rings (SSSR count). The number of carbonyl (C=O) groups is 1. The lowest BCUT2D eigenvalue weighted by atomic mass is 9.95. The van der Waals surface area contributed by atoms with Gasteiger partial charge in [-0.1, -0.05) is 12.1 Å². The minimum atomic E-state index is -4.66. The van der Waals surface area contributed by atoms with E-state index in [2.05, 4.69) is 15.3 Å². The van der Waals surface area contributed by atoms with Crippen LogP contribution in [0.25, 0.3) is 11.0 Å². The number of nitrogens with zero attached hydrogens (tertiary/aromatic N) is 3. The summed E-state index contributed by atoms with van der Waals surface area (Å²) in [6.45, 7) is 0.620. The van der Waals surface area contributed by atoms with Gasteiger partial charge < -0.3 is 9.88 Å². The zero-order valence-corrected chi connectivity index (χ0v) is 16.1. The molecule has 0 spiro atoms. The monoisotopic (exact) mass is 433 g/mol. The summed E-state index contributed by atoms with van der Waals surface area (Å²) in [7, 11) is 0. The standard InChI is InChI=1S/C20H18F3N5O3/c21-20(22,23)13-5-6-16(17(11-13)28(30)31)27-9-7-12(8-10-27)18(29)26-19-24-14-3-1-2-4-15(14)25-19/h1-6,11-12H,7-10H2,(H2,24,25,26,29). The van der Waals surface area contributed by atoms with E-state index in [1.807, 2.05) is 24.3 Å². The number of nitro benzene ring substituents is 1. The number of halogens is 3. The van der Waals surface area contributed by atoms with Crippen LogP contribution in [0.5, 0.6) is 0 Å². The molecule has 0 saturated carbocycles. The molecule has 1 saturated heterocycles. The van der Waals surface area contributed by atoms with Crippen molar-refractivity contribution in [2.24, 2.45) is 5.92 Å². The van der Waals surface area contributed by atoms with Crippen molar-refractivity contribution in [2.45, 2.75) is 19.0 Å². The predicted molar refractivity (Wildman–Crippen MR) is 108 cm³/mol. The molecule has 3 aromatic rings. The number of nitrogens with one attached hydrogen (secondary N) is 2. The van der Waals surface area contributed by atoms with Crippen molar-refractivity contribution in [2.75, 3.05) is 23.3 Å². The molecule has 0 aliphatic carbocycles. The third-order valence-electron chi connectivity index (χ3n) is 5.34. The lowest BCUT2D eigenvalue weighted by Crippen LogP contribution is -2.38. The number of imidazole rings is 1. The molecule has 0 atom stereocenters. The number of anilines is 2. The van der Waals surface area contributed by atoms with Crippen LogP contribution in [0.15, 0.2) is 42.5 Å². The van der Waals surface area contributed by atoms with Crippen LogP contribution in [0.1, 0.15) is 18.4 Å². The number of H-pyrrole nitrogens is 1. The summed E-state index contributed by atoms with van der Waals surface area (Å²) < 4.78 is 38.7. The number of rotatable bonds is 4. The zero-order chi connectivity index (χ0) is 22.2. The van der Waals surface area contributed by atoms with Crippen molar-refractivity contribution in [3.05, 3.63) is 58.1 Å². The number of amides is 1. The summed E-state index contributed by atoms with van der Waals surface area (Å²) in [4.78, 5) is 32.1. The third-order valence-corrected chi connectivity index (χ3v) is 5.34. The van der Waals surface area contributed by atoms with Crippen LogP contribution < -0.4 is 10.2 Å². The van der Waals surface area contributed by atoms with Crippen molar-refractivity contribution < 1.29 is 22.9 Å². The van der Waals surface area contributed by atoms with Crippen LogP contribution in [-0.4, -0.2) is 33.9 Å². The van der Waals surface area contributed by atoms with E-state index in [0.717, 1.165) is 23.2 Å². The molecule has 2 heterocycles. The molecule has 11 heteroatoms. The molecule has 1 fully saturated rings. The van der Waals surface area contributed by atoms with Gasteiger partial charge in [-0.3, -0.25) is 20.2 Å². The highest BCUT2D eigenvalue weighted by atomic mass is 19.4. The second-order valence-corrected chi connectivity index (χ2v) is 7.31. The molecule has 0 bridgehead atoms. The van der Waals surface area contributed by atoms with Crippen LogP contribution in [0.4, 0.5) is 30.5 Å². The van der Waals surface area contributed by atoms with Gasteiger partial charge in [0.15, 0.2) is 0 Å². The minimum absolute atomic E-state index is 0.120. The summed E-state index contributed by atoms with van der Waals surface area (Å²) in [6, 6.07) is 9.85. The van der Waals surface area contributed by atoms with Gasteiger partial charge in [0.05, 0.1) is 21.5 Å². The number of para-hydroxylation sites is 2. The Bertz CT molecular complexity index is 1100. The largest absolute Gasteiger partial charge is 0.416 e. The van der Waals surface area contributed by atoms with Gasteiger partial charge in [0.25, 0.3) is 5.69 Å². The normalized spacial score (nSPS) is 15.3. The van der Waals surface area contributed by atoms with Gasteiger partial charge in [0.1, 0.15) is 5.69 Å². The lowest BCUT2D eigenvalue weighted by Gasteiger charge is -2.32. The molecule has 2 N–H and O–H groups in total. The first kappa shape index (κ1) is 20.6.